The van der Waals surface area contributed by atoms with Crippen LogP contribution in [-0.2, 0) is 0 Å². The molecule has 4 nitrogen and oxygen atoms in total. The zero-order chi connectivity index (χ0) is 14.7. The maximum atomic E-state index is 12.2. The van der Waals surface area contributed by atoms with Gasteiger partial charge in [0, 0.05) is 4.47 Å². The van der Waals surface area contributed by atoms with E-state index in [-0.39, 0.29) is 22.7 Å². The summed E-state index contributed by atoms with van der Waals surface area (Å²) in [6.45, 7) is 1.90. The predicted molar refractivity (Wildman–Crippen MR) is 83.7 cm³/mol. The summed E-state index contributed by atoms with van der Waals surface area (Å²) in [6, 6.07) is 9.09. The Morgan fingerprint density at radius 1 is 1.40 bits per heavy atom. The van der Waals surface area contributed by atoms with E-state index in [1.807, 2.05) is 31.2 Å². The first kappa shape index (κ1) is 14.8. The molecule has 0 aliphatic carbocycles. The molecule has 0 fully saturated rings. The highest BCUT2D eigenvalue weighted by Crippen LogP contribution is 2.19. The lowest BCUT2D eigenvalue weighted by Crippen LogP contribution is -2.27. The monoisotopic (exact) mass is 353 g/mol. The van der Waals surface area contributed by atoms with Crippen molar-refractivity contribution in [3.05, 3.63) is 57.3 Å². The fourth-order valence-electron chi connectivity index (χ4n) is 1.73. The van der Waals surface area contributed by atoms with Gasteiger partial charge in [-0.25, -0.2) is 4.98 Å². The lowest BCUT2D eigenvalue weighted by Gasteiger charge is -2.15. The quantitative estimate of drug-likeness (QED) is 0.828. The molecule has 0 saturated heterocycles. The average molecular weight is 355 g/mol. The van der Waals surface area contributed by atoms with Crippen molar-refractivity contribution in [1.29, 1.82) is 0 Å². The SMILES string of the molecule is C[C@H](NC(=O)c1cc(N)cnc1Cl)c1ccc(Br)cc1. The smallest absolute Gasteiger partial charge is 0.254 e. The molecule has 1 aromatic heterocycles. The van der Waals surface area contributed by atoms with Gasteiger partial charge in [0.25, 0.3) is 5.91 Å². The Hall–Kier alpha value is -1.59. The normalized spacial score (nSPS) is 11.9. The Labute approximate surface area is 130 Å². The van der Waals surface area contributed by atoms with Crippen LogP contribution in [0.25, 0.3) is 0 Å². The maximum Gasteiger partial charge on any atom is 0.254 e. The van der Waals surface area contributed by atoms with Gasteiger partial charge in [-0.2, -0.15) is 0 Å². The van der Waals surface area contributed by atoms with Crippen LogP contribution >= 0.6 is 27.5 Å². The van der Waals surface area contributed by atoms with E-state index in [2.05, 4.69) is 26.2 Å². The fourth-order valence-corrected chi connectivity index (χ4v) is 2.19. The number of amides is 1. The minimum Gasteiger partial charge on any atom is -0.397 e. The molecular formula is C14H13BrClN3O. The van der Waals surface area contributed by atoms with E-state index in [0.717, 1.165) is 10.0 Å². The van der Waals surface area contributed by atoms with Gasteiger partial charge in [0.15, 0.2) is 0 Å². The van der Waals surface area contributed by atoms with Crippen LogP contribution in [0.4, 0.5) is 5.69 Å². The summed E-state index contributed by atoms with van der Waals surface area (Å²) in [4.78, 5) is 16.0. The topological polar surface area (TPSA) is 68.0 Å². The molecule has 1 atom stereocenters. The number of rotatable bonds is 3. The molecule has 0 saturated carbocycles. The van der Waals surface area contributed by atoms with Crippen LogP contribution < -0.4 is 11.1 Å². The number of anilines is 1. The summed E-state index contributed by atoms with van der Waals surface area (Å²) in [5.74, 6) is -0.301. The summed E-state index contributed by atoms with van der Waals surface area (Å²) in [5, 5.41) is 3.00. The van der Waals surface area contributed by atoms with Crippen LogP contribution in [0.15, 0.2) is 41.0 Å². The third-order valence-electron chi connectivity index (χ3n) is 2.82. The van der Waals surface area contributed by atoms with Crippen molar-refractivity contribution in [3.63, 3.8) is 0 Å². The van der Waals surface area contributed by atoms with Crippen molar-refractivity contribution in [2.45, 2.75) is 13.0 Å². The maximum absolute atomic E-state index is 12.2. The minimum absolute atomic E-state index is 0.139. The van der Waals surface area contributed by atoms with Gasteiger partial charge >= 0.3 is 0 Å². The van der Waals surface area contributed by atoms with Gasteiger partial charge in [0.05, 0.1) is 23.5 Å². The second kappa shape index (κ2) is 6.24. The van der Waals surface area contributed by atoms with E-state index in [9.17, 15) is 4.79 Å². The zero-order valence-electron chi connectivity index (χ0n) is 10.7. The van der Waals surface area contributed by atoms with E-state index in [0.29, 0.717) is 5.69 Å². The van der Waals surface area contributed by atoms with Gasteiger partial charge in [0.1, 0.15) is 5.15 Å². The number of nitrogen functional groups attached to an aromatic ring is 1. The molecule has 6 heteroatoms. The van der Waals surface area contributed by atoms with Crippen molar-refractivity contribution in [2.75, 3.05) is 5.73 Å². The van der Waals surface area contributed by atoms with Gasteiger partial charge in [-0.15, -0.1) is 0 Å². The molecule has 2 rings (SSSR count). The highest BCUT2D eigenvalue weighted by molar-refractivity contribution is 9.10. The molecule has 1 aromatic carbocycles. The molecule has 1 amide bonds. The average Bonchev–Trinajstić information content (AvgIpc) is 2.42. The Morgan fingerprint density at radius 2 is 2.05 bits per heavy atom. The molecule has 20 heavy (non-hydrogen) atoms. The second-order valence-corrected chi connectivity index (χ2v) is 5.63. The van der Waals surface area contributed by atoms with Crippen LogP contribution in [-0.4, -0.2) is 10.9 Å². The largest absolute Gasteiger partial charge is 0.397 e. The van der Waals surface area contributed by atoms with E-state index >= 15 is 0 Å². The summed E-state index contributed by atoms with van der Waals surface area (Å²) < 4.78 is 0.989. The predicted octanol–water partition coefficient (Wildman–Crippen LogP) is 3.57. The molecule has 1 heterocycles. The first-order valence-electron chi connectivity index (χ1n) is 5.94. The van der Waals surface area contributed by atoms with E-state index in [1.165, 1.54) is 12.3 Å². The van der Waals surface area contributed by atoms with Crippen LogP contribution in [0.1, 0.15) is 28.9 Å². The van der Waals surface area contributed by atoms with E-state index in [4.69, 9.17) is 17.3 Å². The van der Waals surface area contributed by atoms with Gasteiger partial charge in [-0.1, -0.05) is 39.7 Å². The molecule has 0 aliphatic rings. The summed E-state index contributed by atoms with van der Waals surface area (Å²) >= 11 is 9.28. The third kappa shape index (κ3) is 3.49. The number of hydrogen-bond donors (Lipinski definition) is 2. The van der Waals surface area contributed by atoms with Gasteiger partial charge in [-0.3, -0.25) is 4.79 Å². The number of carbonyl (C=O) groups is 1. The summed E-state index contributed by atoms with van der Waals surface area (Å²) in [5.41, 5.74) is 7.29. The first-order chi connectivity index (χ1) is 9.47. The second-order valence-electron chi connectivity index (χ2n) is 4.35. The Morgan fingerprint density at radius 3 is 2.70 bits per heavy atom. The molecule has 0 bridgehead atoms. The first-order valence-corrected chi connectivity index (χ1v) is 7.12. The van der Waals surface area contributed by atoms with Crippen molar-refractivity contribution in [1.82, 2.24) is 10.3 Å². The molecule has 0 spiro atoms. The number of halogens is 2. The number of hydrogen-bond acceptors (Lipinski definition) is 3. The molecule has 2 aromatic rings. The highest BCUT2D eigenvalue weighted by atomic mass is 79.9. The number of aromatic nitrogens is 1. The van der Waals surface area contributed by atoms with Crippen LogP contribution in [0.2, 0.25) is 5.15 Å². The molecule has 3 N–H and O–H groups in total. The van der Waals surface area contributed by atoms with Crippen molar-refractivity contribution in [2.24, 2.45) is 0 Å². The van der Waals surface area contributed by atoms with Gasteiger partial charge < -0.3 is 11.1 Å². The Bertz CT molecular complexity index is 631. The Kier molecular flexibility index (Phi) is 4.62. The Balaban J connectivity index is 2.15. The summed E-state index contributed by atoms with van der Waals surface area (Å²) in [7, 11) is 0. The van der Waals surface area contributed by atoms with Gasteiger partial charge in [-0.05, 0) is 30.7 Å². The number of benzene rings is 1. The van der Waals surface area contributed by atoms with E-state index < -0.39 is 0 Å². The number of nitrogens with two attached hydrogens (primary N) is 1. The third-order valence-corrected chi connectivity index (χ3v) is 3.65. The van der Waals surface area contributed by atoms with Crippen molar-refractivity contribution < 1.29 is 4.79 Å². The lowest BCUT2D eigenvalue weighted by atomic mass is 10.1. The standard InChI is InChI=1S/C14H13BrClN3O/c1-8(9-2-4-10(15)5-3-9)19-14(20)12-6-11(17)7-18-13(12)16/h2-8H,17H2,1H3,(H,19,20)/t8-/m0/s1. The number of carbonyl (C=O) groups excluding carboxylic acids is 1. The number of nitrogens with one attached hydrogen (secondary N) is 1. The summed E-state index contributed by atoms with van der Waals surface area (Å²) in [6.07, 6.45) is 1.41. The van der Waals surface area contributed by atoms with Gasteiger partial charge in [0.2, 0.25) is 0 Å². The molecular weight excluding hydrogens is 342 g/mol. The number of pyridine rings is 1. The zero-order valence-corrected chi connectivity index (χ0v) is 13.1. The highest BCUT2D eigenvalue weighted by Gasteiger charge is 2.15. The number of nitrogens with zero attached hydrogens (tertiary/aromatic N) is 1. The molecule has 0 aliphatic heterocycles. The van der Waals surface area contributed by atoms with Crippen LogP contribution in [0.5, 0.6) is 0 Å². The van der Waals surface area contributed by atoms with Crippen molar-refractivity contribution in [3.8, 4) is 0 Å². The molecule has 0 radical (unpaired) electrons. The van der Waals surface area contributed by atoms with Crippen LogP contribution in [0.3, 0.4) is 0 Å². The molecule has 104 valence electrons. The minimum atomic E-state index is -0.301. The van der Waals surface area contributed by atoms with E-state index in [1.54, 1.807) is 0 Å². The lowest BCUT2D eigenvalue weighted by molar-refractivity contribution is 0.0939. The van der Waals surface area contributed by atoms with Crippen LogP contribution in [0, 0.1) is 0 Å². The fraction of sp³-hybridized carbons (Fsp3) is 0.143. The molecule has 0 unspecified atom stereocenters. The van der Waals surface area contributed by atoms with Crippen molar-refractivity contribution >= 4 is 39.1 Å².